The molecule has 1 aliphatic carbocycles. The van der Waals surface area contributed by atoms with Gasteiger partial charge in [0.1, 0.15) is 5.75 Å². The fourth-order valence-electron chi connectivity index (χ4n) is 2.40. The van der Waals surface area contributed by atoms with Crippen LogP contribution in [0.15, 0.2) is 10.5 Å². The molecule has 0 bridgehead atoms. The molecule has 0 unspecified atom stereocenters. The first-order valence-electron chi connectivity index (χ1n) is 6.58. The fourth-order valence-corrected chi connectivity index (χ4v) is 3.15. The van der Waals surface area contributed by atoms with Gasteiger partial charge in [0.05, 0.1) is 22.7 Å². The molecule has 1 amide bonds. The van der Waals surface area contributed by atoms with Crippen molar-refractivity contribution in [1.29, 1.82) is 0 Å². The van der Waals surface area contributed by atoms with Crippen LogP contribution in [0.4, 0.5) is 0 Å². The monoisotopic (exact) mass is 361 g/mol. The van der Waals surface area contributed by atoms with E-state index >= 15 is 0 Å². The van der Waals surface area contributed by atoms with Crippen molar-refractivity contribution in [1.82, 2.24) is 5.32 Å². The van der Waals surface area contributed by atoms with E-state index in [1.54, 1.807) is 13.0 Å². The van der Waals surface area contributed by atoms with Gasteiger partial charge in [-0.25, -0.2) is 0 Å². The number of amides is 1. The summed E-state index contributed by atoms with van der Waals surface area (Å²) in [4.78, 5) is 12.2. The van der Waals surface area contributed by atoms with Gasteiger partial charge in [0, 0.05) is 4.47 Å². The van der Waals surface area contributed by atoms with Crippen LogP contribution in [0.2, 0.25) is 5.02 Å². The summed E-state index contributed by atoms with van der Waals surface area (Å²) in [6.07, 6.45) is 2.86. The summed E-state index contributed by atoms with van der Waals surface area (Å²) in [5.74, 6) is -0.647. The number of halogens is 2. The van der Waals surface area contributed by atoms with Gasteiger partial charge >= 0.3 is 0 Å². The summed E-state index contributed by atoms with van der Waals surface area (Å²) in [5, 5.41) is 22.8. The first kappa shape index (κ1) is 15.6. The second-order valence-electron chi connectivity index (χ2n) is 5.13. The number of benzene rings is 1. The van der Waals surface area contributed by atoms with Crippen molar-refractivity contribution in [2.75, 3.05) is 0 Å². The van der Waals surface area contributed by atoms with Crippen molar-refractivity contribution in [3.8, 4) is 5.75 Å². The third-order valence-electron chi connectivity index (χ3n) is 3.71. The second-order valence-corrected chi connectivity index (χ2v) is 6.36. The van der Waals surface area contributed by atoms with Crippen LogP contribution in [0.25, 0.3) is 0 Å². The lowest BCUT2D eigenvalue weighted by Crippen LogP contribution is -2.45. The molecule has 6 heteroatoms. The average molecular weight is 363 g/mol. The van der Waals surface area contributed by atoms with Crippen molar-refractivity contribution in [2.24, 2.45) is 0 Å². The Morgan fingerprint density at radius 3 is 2.75 bits per heavy atom. The van der Waals surface area contributed by atoms with Crippen molar-refractivity contribution < 1.29 is 15.0 Å². The number of carbonyl (C=O) groups excluding carboxylic acids is 1. The summed E-state index contributed by atoms with van der Waals surface area (Å²) in [6, 6.07) is 1.27. The SMILES string of the molecule is Cc1c(Br)cc(C(=O)N[C@H]2CCCC[C@@H]2O)c(O)c1Cl. The Labute approximate surface area is 131 Å². The summed E-state index contributed by atoms with van der Waals surface area (Å²) in [5.41, 5.74) is 0.795. The molecule has 1 aliphatic rings. The molecule has 0 aromatic heterocycles. The molecule has 0 radical (unpaired) electrons. The predicted octanol–water partition coefficient (Wildman–Crippen LogP) is 3.15. The van der Waals surface area contributed by atoms with Crippen LogP contribution in [-0.2, 0) is 0 Å². The van der Waals surface area contributed by atoms with Gasteiger partial charge in [0.25, 0.3) is 5.91 Å². The lowest BCUT2D eigenvalue weighted by Gasteiger charge is -2.28. The van der Waals surface area contributed by atoms with Gasteiger partial charge in [-0.2, -0.15) is 0 Å². The highest BCUT2D eigenvalue weighted by atomic mass is 79.9. The molecule has 110 valence electrons. The maximum absolute atomic E-state index is 12.2. The number of phenolic OH excluding ortho intramolecular Hbond substituents is 1. The Morgan fingerprint density at radius 2 is 2.10 bits per heavy atom. The number of aromatic hydroxyl groups is 1. The topological polar surface area (TPSA) is 69.6 Å². The van der Waals surface area contributed by atoms with Crippen molar-refractivity contribution in [3.63, 3.8) is 0 Å². The molecule has 1 aromatic rings. The summed E-state index contributed by atoms with van der Waals surface area (Å²) < 4.78 is 0.662. The van der Waals surface area contributed by atoms with E-state index in [9.17, 15) is 15.0 Å². The number of rotatable bonds is 2. The van der Waals surface area contributed by atoms with Gasteiger partial charge in [-0.05, 0) is 31.4 Å². The predicted molar refractivity (Wildman–Crippen MR) is 81.3 cm³/mol. The van der Waals surface area contributed by atoms with E-state index in [4.69, 9.17) is 11.6 Å². The molecule has 1 saturated carbocycles. The van der Waals surface area contributed by atoms with E-state index in [1.807, 2.05) is 0 Å². The number of nitrogens with one attached hydrogen (secondary N) is 1. The highest BCUT2D eigenvalue weighted by Gasteiger charge is 2.26. The molecule has 2 rings (SSSR count). The Bertz CT molecular complexity index is 536. The van der Waals surface area contributed by atoms with Gasteiger partial charge in [0.15, 0.2) is 0 Å². The first-order valence-corrected chi connectivity index (χ1v) is 7.75. The second kappa shape index (κ2) is 6.33. The standard InChI is InChI=1S/C14H17BrClNO3/c1-7-9(15)6-8(13(19)12(7)16)14(20)17-10-4-2-3-5-11(10)18/h6,10-11,18-19H,2-5H2,1H3,(H,17,20)/t10-,11-/m0/s1. The number of aliphatic hydroxyl groups is 1. The molecule has 0 spiro atoms. The van der Waals surface area contributed by atoms with Crippen LogP contribution >= 0.6 is 27.5 Å². The number of hydrogen-bond acceptors (Lipinski definition) is 3. The lowest BCUT2D eigenvalue weighted by molar-refractivity contribution is 0.0715. The van der Waals surface area contributed by atoms with Gasteiger partial charge in [0.2, 0.25) is 0 Å². The minimum absolute atomic E-state index is 0.116. The summed E-state index contributed by atoms with van der Waals surface area (Å²) in [7, 11) is 0. The molecule has 1 fully saturated rings. The first-order chi connectivity index (χ1) is 9.41. The third kappa shape index (κ3) is 3.10. The highest BCUT2D eigenvalue weighted by Crippen LogP contribution is 2.35. The molecule has 1 aromatic carbocycles. The zero-order chi connectivity index (χ0) is 14.9. The number of hydrogen-bond donors (Lipinski definition) is 3. The molecule has 2 atom stereocenters. The van der Waals surface area contributed by atoms with Crippen LogP contribution in [0.3, 0.4) is 0 Å². The quantitative estimate of drug-likeness (QED) is 0.757. The molecule has 0 heterocycles. The van der Waals surface area contributed by atoms with E-state index in [-0.39, 0.29) is 22.4 Å². The van der Waals surface area contributed by atoms with Crippen molar-refractivity contribution in [3.05, 3.63) is 26.7 Å². The average Bonchev–Trinajstić information content (AvgIpc) is 2.43. The largest absolute Gasteiger partial charge is 0.506 e. The minimum Gasteiger partial charge on any atom is -0.506 e. The zero-order valence-corrected chi connectivity index (χ0v) is 13.5. The van der Waals surface area contributed by atoms with Crippen molar-refractivity contribution in [2.45, 2.75) is 44.8 Å². The molecule has 0 aliphatic heterocycles. The van der Waals surface area contributed by atoms with E-state index in [1.165, 1.54) is 0 Å². The number of phenols is 1. The molecule has 20 heavy (non-hydrogen) atoms. The zero-order valence-electron chi connectivity index (χ0n) is 11.1. The van der Waals surface area contributed by atoms with Gasteiger partial charge in [-0.1, -0.05) is 40.4 Å². The van der Waals surface area contributed by atoms with E-state index in [0.29, 0.717) is 16.5 Å². The lowest BCUT2D eigenvalue weighted by atomic mass is 9.92. The van der Waals surface area contributed by atoms with Gasteiger partial charge in [-0.3, -0.25) is 4.79 Å². The maximum atomic E-state index is 12.2. The molecular weight excluding hydrogens is 346 g/mol. The van der Waals surface area contributed by atoms with E-state index in [2.05, 4.69) is 21.2 Å². The van der Waals surface area contributed by atoms with Crippen LogP contribution in [0.1, 0.15) is 41.6 Å². The molecule has 3 N–H and O–H groups in total. The fraction of sp³-hybridized carbons (Fsp3) is 0.500. The molecular formula is C14H17BrClNO3. The van der Waals surface area contributed by atoms with Crippen LogP contribution in [0.5, 0.6) is 5.75 Å². The minimum atomic E-state index is -0.529. The Hall–Kier alpha value is -0.780. The highest BCUT2D eigenvalue weighted by molar-refractivity contribution is 9.10. The maximum Gasteiger partial charge on any atom is 0.255 e. The third-order valence-corrected chi connectivity index (χ3v) is 5.00. The number of aliphatic hydroxyl groups excluding tert-OH is 1. The van der Waals surface area contributed by atoms with Gasteiger partial charge < -0.3 is 15.5 Å². The molecule has 0 saturated heterocycles. The smallest absolute Gasteiger partial charge is 0.255 e. The van der Waals surface area contributed by atoms with E-state index < -0.39 is 12.0 Å². The van der Waals surface area contributed by atoms with Gasteiger partial charge in [-0.15, -0.1) is 0 Å². The summed E-state index contributed by atoms with van der Waals surface area (Å²) in [6.45, 7) is 1.75. The Balaban J connectivity index is 2.21. The van der Waals surface area contributed by atoms with Crippen LogP contribution < -0.4 is 5.32 Å². The normalized spacial score (nSPS) is 22.6. The molecule has 4 nitrogen and oxygen atoms in total. The number of carbonyl (C=O) groups is 1. The Kier molecular flexibility index (Phi) is 4.94. The van der Waals surface area contributed by atoms with E-state index in [0.717, 1.165) is 19.3 Å². The van der Waals surface area contributed by atoms with Crippen molar-refractivity contribution >= 4 is 33.4 Å². The summed E-state index contributed by atoms with van der Waals surface area (Å²) >= 11 is 9.31. The Morgan fingerprint density at radius 1 is 1.45 bits per heavy atom. The van der Waals surface area contributed by atoms with Crippen LogP contribution in [-0.4, -0.2) is 28.3 Å². The van der Waals surface area contributed by atoms with Crippen LogP contribution in [0, 0.1) is 6.92 Å².